The average molecular weight is 230 g/mol. The maximum absolute atomic E-state index is 9.86. The van der Waals surface area contributed by atoms with Gasteiger partial charge in [0.25, 0.3) is 0 Å². The molecule has 1 saturated carbocycles. The number of hydrogen-bond donors (Lipinski definition) is 2. The van der Waals surface area contributed by atoms with Crippen molar-refractivity contribution < 1.29 is 5.11 Å². The van der Waals surface area contributed by atoms with Crippen molar-refractivity contribution in [1.82, 2.24) is 0 Å². The number of benzene rings is 1. The summed E-state index contributed by atoms with van der Waals surface area (Å²) in [6.45, 7) is 0. The van der Waals surface area contributed by atoms with Crippen LogP contribution in [0.3, 0.4) is 0 Å². The molecule has 3 nitrogen and oxygen atoms in total. The largest absolute Gasteiger partial charge is 0.391 e. The van der Waals surface area contributed by atoms with Crippen LogP contribution in [0.2, 0.25) is 0 Å². The molecule has 0 radical (unpaired) electrons. The van der Waals surface area contributed by atoms with Gasteiger partial charge in [-0.25, -0.2) is 0 Å². The van der Waals surface area contributed by atoms with E-state index in [1.54, 1.807) is 0 Å². The van der Waals surface area contributed by atoms with Gasteiger partial charge in [-0.05, 0) is 30.5 Å². The number of aliphatic hydroxyl groups excluding tert-OH is 1. The highest BCUT2D eigenvalue weighted by Gasteiger charge is 2.22. The van der Waals surface area contributed by atoms with E-state index < -0.39 is 0 Å². The van der Waals surface area contributed by atoms with Crippen LogP contribution in [0.25, 0.3) is 0 Å². The molecule has 2 N–H and O–H groups in total. The maximum atomic E-state index is 9.86. The van der Waals surface area contributed by atoms with Gasteiger partial charge in [-0.15, -0.1) is 0 Å². The normalized spacial score (nSPS) is 24.0. The molecule has 1 aliphatic rings. The highest BCUT2D eigenvalue weighted by molar-refractivity contribution is 5.46. The summed E-state index contributed by atoms with van der Waals surface area (Å²) >= 11 is 0. The van der Waals surface area contributed by atoms with Crippen molar-refractivity contribution in [2.45, 2.75) is 44.2 Å². The van der Waals surface area contributed by atoms with Gasteiger partial charge in [-0.2, -0.15) is 5.26 Å². The Morgan fingerprint density at radius 1 is 1.24 bits per heavy atom. The van der Waals surface area contributed by atoms with Gasteiger partial charge in [0.1, 0.15) is 0 Å². The van der Waals surface area contributed by atoms with Gasteiger partial charge in [-0.3, -0.25) is 0 Å². The van der Waals surface area contributed by atoms with E-state index in [0.29, 0.717) is 6.42 Å². The second-order valence-corrected chi connectivity index (χ2v) is 4.63. The number of nitrogens with one attached hydrogen (secondary N) is 1. The minimum absolute atomic E-state index is 0.172. The molecular formula is C14H18N2O. The Hall–Kier alpha value is -1.53. The van der Waals surface area contributed by atoms with E-state index in [0.717, 1.165) is 30.5 Å². The average Bonchev–Trinajstić information content (AvgIpc) is 2.35. The lowest BCUT2D eigenvalue weighted by Gasteiger charge is -2.29. The van der Waals surface area contributed by atoms with Crippen LogP contribution in [-0.4, -0.2) is 17.3 Å². The lowest BCUT2D eigenvalue weighted by molar-refractivity contribution is 0.116. The molecule has 0 unspecified atom stereocenters. The number of nitriles is 1. The van der Waals surface area contributed by atoms with Crippen LogP contribution in [-0.2, 0) is 6.42 Å². The zero-order valence-electron chi connectivity index (χ0n) is 9.89. The molecule has 2 atom stereocenters. The van der Waals surface area contributed by atoms with Gasteiger partial charge in [0.05, 0.1) is 24.6 Å². The van der Waals surface area contributed by atoms with Crippen LogP contribution < -0.4 is 5.32 Å². The first-order chi connectivity index (χ1) is 8.29. The van der Waals surface area contributed by atoms with Gasteiger partial charge >= 0.3 is 0 Å². The smallest absolute Gasteiger partial charge is 0.0741 e. The van der Waals surface area contributed by atoms with Crippen LogP contribution >= 0.6 is 0 Å². The molecule has 0 amide bonds. The summed E-state index contributed by atoms with van der Waals surface area (Å²) in [4.78, 5) is 0. The molecule has 1 fully saturated rings. The zero-order chi connectivity index (χ0) is 12.1. The second kappa shape index (κ2) is 5.70. The lowest BCUT2D eigenvalue weighted by Crippen LogP contribution is -2.36. The highest BCUT2D eigenvalue weighted by atomic mass is 16.3. The van der Waals surface area contributed by atoms with Crippen molar-refractivity contribution in [3.63, 3.8) is 0 Å². The topological polar surface area (TPSA) is 56.0 Å². The van der Waals surface area contributed by atoms with Gasteiger partial charge in [0, 0.05) is 5.69 Å². The Balaban J connectivity index is 1.96. The van der Waals surface area contributed by atoms with Crippen LogP contribution in [0.4, 0.5) is 5.69 Å². The van der Waals surface area contributed by atoms with E-state index in [-0.39, 0.29) is 12.1 Å². The zero-order valence-corrected chi connectivity index (χ0v) is 9.89. The third-order valence-electron chi connectivity index (χ3n) is 3.32. The first kappa shape index (κ1) is 11.9. The Labute approximate surface area is 102 Å². The first-order valence-corrected chi connectivity index (χ1v) is 6.20. The summed E-state index contributed by atoms with van der Waals surface area (Å²) in [5.74, 6) is 0. The molecule has 1 aromatic rings. The minimum atomic E-state index is -0.234. The molecule has 2 rings (SSSR count). The van der Waals surface area contributed by atoms with Crippen molar-refractivity contribution in [2.75, 3.05) is 5.32 Å². The summed E-state index contributed by atoms with van der Waals surface area (Å²) < 4.78 is 0. The molecular weight excluding hydrogens is 212 g/mol. The number of rotatable bonds is 3. The van der Waals surface area contributed by atoms with E-state index in [9.17, 15) is 5.11 Å². The Morgan fingerprint density at radius 3 is 2.59 bits per heavy atom. The SMILES string of the molecule is N#CCc1ccc(N[C@H]2CCCC[C@@H]2O)cc1. The van der Waals surface area contributed by atoms with Gasteiger partial charge in [0.15, 0.2) is 0 Å². The van der Waals surface area contributed by atoms with Crippen LogP contribution in [0.1, 0.15) is 31.2 Å². The summed E-state index contributed by atoms with van der Waals surface area (Å²) in [6.07, 6.45) is 4.45. The monoisotopic (exact) mass is 230 g/mol. The third kappa shape index (κ3) is 3.21. The number of hydrogen-bond acceptors (Lipinski definition) is 3. The molecule has 0 heterocycles. The Kier molecular flexibility index (Phi) is 4.00. The summed E-state index contributed by atoms with van der Waals surface area (Å²) in [7, 11) is 0. The molecule has 17 heavy (non-hydrogen) atoms. The molecule has 0 aromatic heterocycles. The Bertz CT molecular complexity index is 394. The standard InChI is InChI=1S/C14H18N2O/c15-10-9-11-5-7-12(8-6-11)16-13-3-1-2-4-14(13)17/h5-8,13-14,16-17H,1-4,9H2/t13-,14-/m0/s1. The summed E-state index contributed by atoms with van der Waals surface area (Å²) in [5.41, 5.74) is 2.06. The summed E-state index contributed by atoms with van der Waals surface area (Å²) in [6, 6.07) is 10.2. The molecule has 0 spiro atoms. The predicted octanol–water partition coefficient (Wildman–Crippen LogP) is 2.47. The van der Waals surface area contributed by atoms with Crippen molar-refractivity contribution in [1.29, 1.82) is 5.26 Å². The maximum Gasteiger partial charge on any atom is 0.0741 e. The van der Waals surface area contributed by atoms with E-state index >= 15 is 0 Å². The predicted molar refractivity (Wildman–Crippen MR) is 67.6 cm³/mol. The van der Waals surface area contributed by atoms with Crippen molar-refractivity contribution in [3.05, 3.63) is 29.8 Å². The fourth-order valence-electron chi connectivity index (χ4n) is 2.30. The van der Waals surface area contributed by atoms with Gasteiger partial charge in [-0.1, -0.05) is 25.0 Å². The molecule has 1 aromatic carbocycles. The first-order valence-electron chi connectivity index (χ1n) is 6.20. The molecule has 0 aliphatic heterocycles. The second-order valence-electron chi connectivity index (χ2n) is 4.63. The van der Waals surface area contributed by atoms with Gasteiger partial charge < -0.3 is 10.4 Å². The van der Waals surface area contributed by atoms with E-state index in [1.807, 2.05) is 24.3 Å². The molecule has 90 valence electrons. The van der Waals surface area contributed by atoms with Crippen molar-refractivity contribution >= 4 is 5.69 Å². The third-order valence-corrected chi connectivity index (χ3v) is 3.32. The van der Waals surface area contributed by atoms with Crippen LogP contribution in [0, 0.1) is 11.3 Å². The number of anilines is 1. The van der Waals surface area contributed by atoms with Crippen LogP contribution in [0.15, 0.2) is 24.3 Å². The molecule has 3 heteroatoms. The number of aliphatic hydroxyl groups is 1. The lowest BCUT2D eigenvalue weighted by atomic mass is 9.92. The minimum Gasteiger partial charge on any atom is -0.391 e. The molecule has 0 bridgehead atoms. The number of nitrogens with zero attached hydrogens (tertiary/aromatic N) is 1. The molecule has 0 saturated heterocycles. The van der Waals surface area contributed by atoms with Gasteiger partial charge in [0.2, 0.25) is 0 Å². The van der Waals surface area contributed by atoms with E-state index in [1.165, 1.54) is 6.42 Å². The van der Waals surface area contributed by atoms with E-state index in [4.69, 9.17) is 5.26 Å². The quantitative estimate of drug-likeness (QED) is 0.838. The fraction of sp³-hybridized carbons (Fsp3) is 0.500. The summed E-state index contributed by atoms with van der Waals surface area (Å²) in [5, 5.41) is 21.8. The van der Waals surface area contributed by atoms with Crippen molar-refractivity contribution in [3.8, 4) is 6.07 Å². The molecule has 1 aliphatic carbocycles. The highest BCUT2D eigenvalue weighted by Crippen LogP contribution is 2.22. The van der Waals surface area contributed by atoms with E-state index in [2.05, 4.69) is 11.4 Å². The van der Waals surface area contributed by atoms with Crippen molar-refractivity contribution in [2.24, 2.45) is 0 Å². The fourth-order valence-corrected chi connectivity index (χ4v) is 2.30. The van der Waals surface area contributed by atoms with Crippen LogP contribution in [0.5, 0.6) is 0 Å². The Morgan fingerprint density at radius 2 is 1.94 bits per heavy atom.